The fourth-order valence-corrected chi connectivity index (χ4v) is 2.78. The molecule has 0 N–H and O–H groups in total. The normalized spacial score (nSPS) is 10.6. The van der Waals surface area contributed by atoms with E-state index < -0.39 is 0 Å². The molecule has 0 spiro atoms. The van der Waals surface area contributed by atoms with Gasteiger partial charge in [0.1, 0.15) is 0 Å². The first-order valence-corrected chi connectivity index (χ1v) is 7.80. The molecule has 0 amide bonds. The summed E-state index contributed by atoms with van der Waals surface area (Å²) in [5.41, 5.74) is 7.63. The van der Waals surface area contributed by atoms with Crippen LogP contribution >= 0.6 is 0 Å². The van der Waals surface area contributed by atoms with E-state index in [1.54, 1.807) is 0 Å². The molecule has 0 aliphatic heterocycles. The van der Waals surface area contributed by atoms with Gasteiger partial charge in [-0.1, -0.05) is 43.7 Å². The zero-order valence-electron chi connectivity index (χ0n) is 13.4. The Bertz CT molecular complexity index is 605. The molecular formula is C20H25N. The van der Waals surface area contributed by atoms with Crippen LogP contribution in [0.5, 0.6) is 0 Å². The quantitative estimate of drug-likeness (QED) is 0.622. The summed E-state index contributed by atoms with van der Waals surface area (Å²) in [6.07, 6.45) is 6.38. The maximum absolute atomic E-state index is 4.57. The Morgan fingerprint density at radius 1 is 1.10 bits per heavy atom. The minimum Gasteiger partial charge on any atom is -0.256 e. The van der Waals surface area contributed by atoms with Gasteiger partial charge in [0, 0.05) is 11.8 Å². The zero-order valence-corrected chi connectivity index (χ0v) is 13.4. The monoisotopic (exact) mass is 279 g/mol. The van der Waals surface area contributed by atoms with Crippen LogP contribution in [0, 0.1) is 13.8 Å². The van der Waals surface area contributed by atoms with E-state index >= 15 is 0 Å². The van der Waals surface area contributed by atoms with Crippen LogP contribution in [0.2, 0.25) is 0 Å². The lowest BCUT2D eigenvalue weighted by Crippen LogP contribution is -1.94. The van der Waals surface area contributed by atoms with E-state index in [9.17, 15) is 0 Å². The summed E-state index contributed by atoms with van der Waals surface area (Å²) in [6, 6.07) is 10.8. The number of allylic oxidation sites excluding steroid dienone is 1. The molecule has 0 aliphatic carbocycles. The van der Waals surface area contributed by atoms with E-state index in [0.717, 1.165) is 25.0 Å². The number of hydrogen-bond donors (Lipinski definition) is 0. The highest BCUT2D eigenvalue weighted by atomic mass is 14.7. The molecule has 110 valence electrons. The second kappa shape index (κ2) is 7.21. The first-order valence-electron chi connectivity index (χ1n) is 7.80. The molecule has 2 rings (SSSR count). The van der Waals surface area contributed by atoms with Gasteiger partial charge >= 0.3 is 0 Å². The smallest absolute Gasteiger partial charge is 0.0710 e. The van der Waals surface area contributed by atoms with Gasteiger partial charge in [-0.05, 0) is 61.9 Å². The van der Waals surface area contributed by atoms with Crippen molar-refractivity contribution in [2.45, 2.75) is 46.5 Å². The van der Waals surface area contributed by atoms with Gasteiger partial charge in [0.05, 0.1) is 5.69 Å². The lowest BCUT2D eigenvalue weighted by atomic mass is 9.97. The van der Waals surface area contributed by atoms with Crippen LogP contribution in [-0.4, -0.2) is 4.98 Å². The number of nitrogens with zero attached hydrogens (tertiary/aromatic N) is 1. The molecule has 0 fully saturated rings. The van der Waals surface area contributed by atoms with E-state index in [0.29, 0.717) is 0 Å². The number of hydrogen-bond acceptors (Lipinski definition) is 1. The Morgan fingerprint density at radius 3 is 2.48 bits per heavy atom. The number of aryl methyl sites for hydroxylation is 3. The van der Waals surface area contributed by atoms with Crippen molar-refractivity contribution in [2.75, 3.05) is 0 Å². The van der Waals surface area contributed by atoms with Crippen LogP contribution in [0.4, 0.5) is 0 Å². The van der Waals surface area contributed by atoms with Crippen molar-refractivity contribution >= 4 is 0 Å². The Balaban J connectivity index is 2.20. The Hall–Kier alpha value is -1.89. The molecule has 1 nitrogen and oxygen atoms in total. The third kappa shape index (κ3) is 4.04. The third-order valence-electron chi connectivity index (χ3n) is 3.93. The largest absolute Gasteiger partial charge is 0.256 e. The highest BCUT2D eigenvalue weighted by molar-refractivity contribution is 5.67. The summed E-state index contributed by atoms with van der Waals surface area (Å²) in [5.74, 6) is 0. The Kier molecular flexibility index (Phi) is 5.32. The lowest BCUT2D eigenvalue weighted by Gasteiger charge is -2.11. The van der Waals surface area contributed by atoms with Gasteiger partial charge in [0.25, 0.3) is 0 Å². The summed E-state index contributed by atoms with van der Waals surface area (Å²) >= 11 is 0. The molecule has 1 aromatic heterocycles. The zero-order chi connectivity index (χ0) is 15.2. The molecule has 0 saturated carbocycles. The molecule has 1 heterocycles. The molecule has 0 bridgehead atoms. The second-order valence-corrected chi connectivity index (χ2v) is 5.82. The van der Waals surface area contributed by atoms with Gasteiger partial charge in [-0.25, -0.2) is 0 Å². The first kappa shape index (κ1) is 15.5. The van der Waals surface area contributed by atoms with Gasteiger partial charge in [0.15, 0.2) is 0 Å². The van der Waals surface area contributed by atoms with Crippen molar-refractivity contribution in [3.8, 4) is 11.3 Å². The number of aromatic nitrogens is 1. The predicted molar refractivity (Wildman–Crippen MR) is 91.5 cm³/mol. The Morgan fingerprint density at radius 2 is 1.81 bits per heavy atom. The standard InChI is InChI=1S/C20H25N/c1-5-7-15(2)10-11-18-12-13-21-19(14-18)20-16(3)8-6-9-17(20)4/h6,8-9,12-14H,2,5,7,10-11H2,1,3-4H3. The molecule has 0 saturated heterocycles. The molecule has 1 aromatic carbocycles. The molecule has 0 atom stereocenters. The Labute approximate surface area is 128 Å². The summed E-state index contributed by atoms with van der Waals surface area (Å²) in [5, 5.41) is 0. The van der Waals surface area contributed by atoms with Crippen molar-refractivity contribution < 1.29 is 0 Å². The number of benzene rings is 1. The van der Waals surface area contributed by atoms with Crippen molar-refractivity contribution in [1.29, 1.82) is 0 Å². The van der Waals surface area contributed by atoms with Gasteiger partial charge in [0.2, 0.25) is 0 Å². The van der Waals surface area contributed by atoms with Gasteiger partial charge in [-0.2, -0.15) is 0 Å². The summed E-state index contributed by atoms with van der Waals surface area (Å²) in [6.45, 7) is 10.7. The van der Waals surface area contributed by atoms with Gasteiger partial charge in [-0.15, -0.1) is 0 Å². The average molecular weight is 279 g/mol. The van der Waals surface area contributed by atoms with E-state index in [2.05, 4.69) is 62.7 Å². The molecular weight excluding hydrogens is 254 g/mol. The summed E-state index contributed by atoms with van der Waals surface area (Å²) < 4.78 is 0. The van der Waals surface area contributed by atoms with Crippen molar-refractivity contribution in [2.24, 2.45) is 0 Å². The first-order chi connectivity index (χ1) is 10.1. The van der Waals surface area contributed by atoms with E-state index in [1.807, 2.05) is 6.20 Å². The highest BCUT2D eigenvalue weighted by Crippen LogP contribution is 2.26. The molecule has 1 heteroatoms. The van der Waals surface area contributed by atoms with Gasteiger partial charge < -0.3 is 0 Å². The third-order valence-corrected chi connectivity index (χ3v) is 3.93. The molecule has 21 heavy (non-hydrogen) atoms. The molecule has 0 unspecified atom stereocenters. The molecule has 0 aliphatic rings. The highest BCUT2D eigenvalue weighted by Gasteiger charge is 2.07. The minimum atomic E-state index is 1.05. The van der Waals surface area contributed by atoms with Crippen LogP contribution in [0.25, 0.3) is 11.3 Å². The van der Waals surface area contributed by atoms with Crippen LogP contribution in [-0.2, 0) is 6.42 Å². The SMILES string of the molecule is C=C(CCC)CCc1ccnc(-c2c(C)cccc2C)c1. The van der Waals surface area contributed by atoms with Crippen LogP contribution in [0.15, 0.2) is 48.7 Å². The maximum Gasteiger partial charge on any atom is 0.0710 e. The average Bonchev–Trinajstić information content (AvgIpc) is 2.46. The maximum atomic E-state index is 4.57. The molecule has 0 radical (unpaired) electrons. The molecule has 2 aromatic rings. The van der Waals surface area contributed by atoms with Crippen LogP contribution < -0.4 is 0 Å². The minimum absolute atomic E-state index is 1.05. The summed E-state index contributed by atoms with van der Waals surface area (Å²) in [4.78, 5) is 4.57. The number of rotatable bonds is 6. The lowest BCUT2D eigenvalue weighted by molar-refractivity contribution is 0.822. The second-order valence-electron chi connectivity index (χ2n) is 5.82. The van der Waals surface area contributed by atoms with Crippen molar-refractivity contribution in [3.05, 3.63) is 65.4 Å². The fraction of sp³-hybridized carbons (Fsp3) is 0.350. The van der Waals surface area contributed by atoms with Crippen LogP contribution in [0.3, 0.4) is 0 Å². The van der Waals surface area contributed by atoms with Crippen molar-refractivity contribution in [3.63, 3.8) is 0 Å². The summed E-state index contributed by atoms with van der Waals surface area (Å²) in [7, 11) is 0. The topological polar surface area (TPSA) is 12.9 Å². The van der Waals surface area contributed by atoms with E-state index in [1.165, 1.54) is 34.2 Å². The van der Waals surface area contributed by atoms with Crippen molar-refractivity contribution in [1.82, 2.24) is 4.98 Å². The predicted octanol–water partition coefficient (Wildman–Crippen LogP) is 5.65. The van der Waals surface area contributed by atoms with E-state index in [4.69, 9.17) is 0 Å². The van der Waals surface area contributed by atoms with Gasteiger partial charge in [-0.3, -0.25) is 4.98 Å². The number of pyridine rings is 1. The van der Waals surface area contributed by atoms with E-state index in [-0.39, 0.29) is 0 Å². The fourth-order valence-electron chi connectivity index (χ4n) is 2.78. The van der Waals surface area contributed by atoms with Crippen LogP contribution in [0.1, 0.15) is 42.9 Å².